The summed E-state index contributed by atoms with van der Waals surface area (Å²) in [5.74, 6) is -1.08. The molecule has 4 nitrogen and oxygen atoms in total. The molecule has 0 aliphatic heterocycles. The molecule has 0 amide bonds. The third kappa shape index (κ3) is 3.36. The molecule has 1 aromatic rings. The summed E-state index contributed by atoms with van der Waals surface area (Å²) in [7, 11) is 0. The molecule has 0 bridgehead atoms. The van der Waals surface area contributed by atoms with Crippen molar-refractivity contribution in [3.63, 3.8) is 0 Å². The number of nitrogens with zero attached hydrogens (tertiary/aromatic N) is 1. The lowest BCUT2D eigenvalue weighted by molar-refractivity contribution is -0.276. The van der Waals surface area contributed by atoms with Crippen molar-refractivity contribution in [3.05, 3.63) is 22.9 Å². The normalized spacial score (nSPS) is 11.7. The fourth-order valence-electron chi connectivity index (χ4n) is 1.24. The molecule has 1 heterocycles. The number of halogens is 5. The SMILES string of the molecule is NCc1cc(OC(F)(F)F)nc(C(F)F)c1C=O. The monoisotopic (exact) mass is 270 g/mol. The van der Waals surface area contributed by atoms with Crippen molar-refractivity contribution in [1.29, 1.82) is 0 Å². The molecule has 0 saturated carbocycles. The zero-order valence-electron chi connectivity index (χ0n) is 8.67. The molecule has 2 N–H and O–H groups in total. The van der Waals surface area contributed by atoms with Crippen LogP contribution in [0.1, 0.15) is 28.0 Å². The van der Waals surface area contributed by atoms with E-state index in [1.807, 2.05) is 0 Å². The number of carbonyl (C=O) groups excluding carboxylic acids is 1. The van der Waals surface area contributed by atoms with Crippen LogP contribution in [0.4, 0.5) is 22.0 Å². The number of carbonyl (C=O) groups is 1. The van der Waals surface area contributed by atoms with Crippen LogP contribution in [-0.2, 0) is 6.54 Å². The summed E-state index contributed by atoms with van der Waals surface area (Å²) in [4.78, 5) is 13.6. The Hall–Kier alpha value is -1.77. The zero-order chi connectivity index (χ0) is 13.9. The minimum absolute atomic E-state index is 0.0635. The van der Waals surface area contributed by atoms with E-state index in [1.54, 1.807) is 0 Å². The van der Waals surface area contributed by atoms with Gasteiger partial charge in [0.05, 0.1) is 0 Å². The molecular formula is C9H7F5N2O2. The Kier molecular flexibility index (Phi) is 4.17. The van der Waals surface area contributed by atoms with Gasteiger partial charge in [0.15, 0.2) is 6.29 Å². The highest BCUT2D eigenvalue weighted by atomic mass is 19.4. The van der Waals surface area contributed by atoms with E-state index in [-0.39, 0.29) is 11.8 Å². The van der Waals surface area contributed by atoms with E-state index in [4.69, 9.17) is 5.73 Å². The summed E-state index contributed by atoms with van der Waals surface area (Å²) in [5.41, 5.74) is 3.34. The van der Waals surface area contributed by atoms with Crippen molar-refractivity contribution < 1.29 is 31.5 Å². The lowest BCUT2D eigenvalue weighted by Crippen LogP contribution is -2.19. The van der Waals surface area contributed by atoms with Crippen molar-refractivity contribution in [2.24, 2.45) is 5.73 Å². The van der Waals surface area contributed by atoms with E-state index in [2.05, 4.69) is 9.72 Å². The first-order valence-electron chi connectivity index (χ1n) is 4.51. The average molecular weight is 270 g/mol. The standard InChI is InChI=1S/C9H7F5N2O2/c10-8(11)7-5(3-17)4(2-15)1-6(16-7)18-9(12,13)14/h1,3,8H,2,15H2. The molecule has 100 valence electrons. The van der Waals surface area contributed by atoms with Crippen molar-refractivity contribution in [2.75, 3.05) is 0 Å². The van der Waals surface area contributed by atoms with Crippen LogP contribution in [-0.4, -0.2) is 17.6 Å². The number of alkyl halides is 5. The van der Waals surface area contributed by atoms with Crippen LogP contribution in [0, 0.1) is 0 Å². The largest absolute Gasteiger partial charge is 0.574 e. The molecule has 0 saturated heterocycles. The zero-order valence-corrected chi connectivity index (χ0v) is 8.67. The van der Waals surface area contributed by atoms with Gasteiger partial charge in [-0.1, -0.05) is 0 Å². The fraction of sp³-hybridized carbons (Fsp3) is 0.333. The van der Waals surface area contributed by atoms with Gasteiger partial charge >= 0.3 is 6.36 Å². The molecule has 0 fully saturated rings. The molecule has 0 unspecified atom stereocenters. The number of nitrogens with two attached hydrogens (primary N) is 1. The van der Waals surface area contributed by atoms with Gasteiger partial charge in [0.1, 0.15) is 5.69 Å². The molecule has 0 atom stereocenters. The van der Waals surface area contributed by atoms with Gasteiger partial charge in [-0.2, -0.15) is 0 Å². The quantitative estimate of drug-likeness (QED) is 0.672. The number of ether oxygens (including phenoxy) is 1. The maximum Gasteiger partial charge on any atom is 0.574 e. The number of aldehydes is 1. The van der Waals surface area contributed by atoms with Gasteiger partial charge in [-0.25, -0.2) is 13.8 Å². The molecule has 0 aromatic carbocycles. The second-order valence-corrected chi connectivity index (χ2v) is 3.09. The minimum atomic E-state index is -5.07. The molecule has 1 aromatic heterocycles. The highest BCUT2D eigenvalue weighted by Gasteiger charge is 2.33. The van der Waals surface area contributed by atoms with Crippen LogP contribution < -0.4 is 10.5 Å². The topological polar surface area (TPSA) is 65.2 Å². The van der Waals surface area contributed by atoms with Crippen molar-refractivity contribution in [2.45, 2.75) is 19.3 Å². The van der Waals surface area contributed by atoms with Gasteiger partial charge in [0.2, 0.25) is 5.88 Å². The molecule has 1 rings (SSSR count). The van der Waals surface area contributed by atoms with Gasteiger partial charge in [0.25, 0.3) is 6.43 Å². The van der Waals surface area contributed by atoms with Crippen LogP contribution in [0.2, 0.25) is 0 Å². The van der Waals surface area contributed by atoms with Crippen molar-refractivity contribution in [3.8, 4) is 5.88 Å². The van der Waals surface area contributed by atoms with E-state index in [9.17, 15) is 26.7 Å². The van der Waals surface area contributed by atoms with Gasteiger partial charge in [-0.3, -0.25) is 4.79 Å². The average Bonchev–Trinajstić information content (AvgIpc) is 2.25. The third-order valence-electron chi connectivity index (χ3n) is 1.92. The highest BCUT2D eigenvalue weighted by molar-refractivity contribution is 5.79. The first kappa shape index (κ1) is 14.3. The fourth-order valence-corrected chi connectivity index (χ4v) is 1.24. The molecule has 9 heteroatoms. The van der Waals surface area contributed by atoms with Crippen molar-refractivity contribution in [1.82, 2.24) is 4.98 Å². The summed E-state index contributed by atoms with van der Waals surface area (Å²) >= 11 is 0. The van der Waals surface area contributed by atoms with Gasteiger partial charge in [-0.05, 0) is 5.56 Å². The van der Waals surface area contributed by atoms with E-state index in [1.165, 1.54) is 0 Å². The Labute approximate surface area is 97.6 Å². The molecule has 0 radical (unpaired) electrons. The number of rotatable bonds is 4. The van der Waals surface area contributed by atoms with Gasteiger partial charge in [0, 0.05) is 18.2 Å². The Morgan fingerprint density at radius 2 is 2.06 bits per heavy atom. The number of aromatic nitrogens is 1. The highest BCUT2D eigenvalue weighted by Crippen LogP contribution is 2.28. The predicted octanol–water partition coefficient (Wildman–Crippen LogP) is 2.19. The third-order valence-corrected chi connectivity index (χ3v) is 1.92. The second-order valence-electron chi connectivity index (χ2n) is 3.09. The minimum Gasteiger partial charge on any atom is -0.388 e. The Bertz CT molecular complexity index is 447. The number of hydrogen-bond acceptors (Lipinski definition) is 4. The lowest BCUT2D eigenvalue weighted by Gasteiger charge is -2.13. The van der Waals surface area contributed by atoms with Gasteiger partial charge < -0.3 is 10.5 Å². The summed E-state index contributed by atoms with van der Waals surface area (Å²) < 4.78 is 64.3. The molecule has 0 spiro atoms. The van der Waals surface area contributed by atoms with Crippen LogP contribution in [0.15, 0.2) is 6.07 Å². The Balaban J connectivity index is 3.32. The maximum atomic E-state index is 12.5. The van der Waals surface area contributed by atoms with Crippen molar-refractivity contribution >= 4 is 6.29 Å². The number of pyridine rings is 1. The van der Waals surface area contributed by atoms with E-state index >= 15 is 0 Å². The van der Waals surface area contributed by atoms with E-state index in [0.29, 0.717) is 6.07 Å². The smallest absolute Gasteiger partial charge is 0.388 e. The maximum absolute atomic E-state index is 12.5. The Morgan fingerprint density at radius 3 is 2.44 bits per heavy atom. The van der Waals surface area contributed by atoms with E-state index in [0.717, 1.165) is 0 Å². The second kappa shape index (κ2) is 5.25. The summed E-state index contributed by atoms with van der Waals surface area (Å²) in [6, 6.07) is 0.698. The lowest BCUT2D eigenvalue weighted by atomic mass is 10.1. The van der Waals surface area contributed by atoms with Crippen LogP contribution in [0.5, 0.6) is 5.88 Å². The van der Waals surface area contributed by atoms with Gasteiger partial charge in [-0.15, -0.1) is 13.2 Å². The summed E-state index contributed by atoms with van der Waals surface area (Å²) in [6.45, 7) is -0.398. The predicted molar refractivity (Wildman–Crippen MR) is 49.2 cm³/mol. The Morgan fingerprint density at radius 1 is 1.44 bits per heavy atom. The van der Waals surface area contributed by atoms with Crippen LogP contribution >= 0.6 is 0 Å². The van der Waals surface area contributed by atoms with E-state index < -0.39 is 36.5 Å². The molecular weight excluding hydrogens is 263 g/mol. The first-order chi connectivity index (χ1) is 8.28. The first-order valence-corrected chi connectivity index (χ1v) is 4.51. The molecule has 18 heavy (non-hydrogen) atoms. The number of hydrogen-bond donors (Lipinski definition) is 1. The molecule has 0 aliphatic carbocycles. The van der Waals surface area contributed by atoms with Crippen LogP contribution in [0.3, 0.4) is 0 Å². The van der Waals surface area contributed by atoms with Crippen LogP contribution in [0.25, 0.3) is 0 Å². The molecule has 0 aliphatic rings. The summed E-state index contributed by atoms with van der Waals surface area (Å²) in [5, 5.41) is 0. The summed E-state index contributed by atoms with van der Waals surface area (Å²) in [6.07, 6.45) is -8.22.